The molecule has 3 rings (SSSR count). The molecule has 0 spiro atoms. The summed E-state index contributed by atoms with van der Waals surface area (Å²) in [6, 6.07) is 9.66. The van der Waals surface area contributed by atoms with Crippen molar-refractivity contribution in [2.24, 2.45) is 22.7 Å². The molecule has 2 bridgehead atoms. The van der Waals surface area contributed by atoms with E-state index in [2.05, 4.69) is 27.7 Å². The van der Waals surface area contributed by atoms with Gasteiger partial charge < -0.3 is 14.9 Å². The maximum absolute atomic E-state index is 12.4. The third-order valence-electron chi connectivity index (χ3n) is 7.76. The second-order valence-electron chi connectivity index (χ2n) is 9.46. The van der Waals surface area contributed by atoms with Crippen LogP contribution < -0.4 is 0 Å². The molecule has 1 aromatic carbocycles. The lowest BCUT2D eigenvalue weighted by Gasteiger charge is -2.38. The number of carbonyl (C=O) groups excluding carboxylic acids is 1. The number of hydrogen-bond acceptors (Lipinski definition) is 4. The normalized spacial score (nSPS) is 33.1. The topological polar surface area (TPSA) is 66.8 Å². The van der Waals surface area contributed by atoms with E-state index in [9.17, 15) is 15.0 Å². The van der Waals surface area contributed by atoms with Crippen molar-refractivity contribution in [3.63, 3.8) is 0 Å². The molecule has 4 heteroatoms. The van der Waals surface area contributed by atoms with Gasteiger partial charge >= 0.3 is 5.97 Å². The zero-order valence-corrected chi connectivity index (χ0v) is 17.5. The first kappa shape index (κ1) is 21.1. The first-order valence-corrected chi connectivity index (χ1v) is 10.4. The van der Waals surface area contributed by atoms with Crippen molar-refractivity contribution in [3.05, 3.63) is 42.0 Å². The predicted molar refractivity (Wildman–Crippen MR) is 110 cm³/mol. The molecule has 0 aromatic heterocycles. The fourth-order valence-corrected chi connectivity index (χ4v) is 5.47. The second-order valence-corrected chi connectivity index (χ2v) is 9.46. The van der Waals surface area contributed by atoms with E-state index in [1.165, 1.54) is 6.42 Å². The van der Waals surface area contributed by atoms with Crippen LogP contribution in [0.1, 0.15) is 58.9 Å². The number of esters is 1. The summed E-state index contributed by atoms with van der Waals surface area (Å²) in [5, 5.41) is 20.3. The van der Waals surface area contributed by atoms with Crippen LogP contribution in [0.2, 0.25) is 0 Å². The van der Waals surface area contributed by atoms with Gasteiger partial charge in [-0.25, -0.2) is 0 Å². The Morgan fingerprint density at radius 2 is 1.93 bits per heavy atom. The fourth-order valence-electron chi connectivity index (χ4n) is 5.47. The third kappa shape index (κ3) is 3.90. The van der Waals surface area contributed by atoms with E-state index in [0.717, 1.165) is 12.0 Å². The number of fused-ring (bicyclic) bond motifs is 2. The van der Waals surface area contributed by atoms with Crippen molar-refractivity contribution in [3.8, 4) is 0 Å². The quantitative estimate of drug-likeness (QED) is 0.689. The van der Waals surface area contributed by atoms with Crippen LogP contribution >= 0.6 is 0 Å². The summed E-state index contributed by atoms with van der Waals surface area (Å²) in [6.07, 6.45) is 3.98. The van der Waals surface area contributed by atoms with Crippen molar-refractivity contribution < 1.29 is 19.7 Å². The summed E-state index contributed by atoms with van der Waals surface area (Å²) in [7, 11) is 0. The number of carbonyl (C=O) groups is 1. The highest BCUT2D eigenvalue weighted by molar-refractivity contribution is 5.70. The fraction of sp³-hybridized carbons (Fsp3) is 0.625. The van der Waals surface area contributed by atoms with Crippen LogP contribution in [-0.4, -0.2) is 34.5 Å². The number of aliphatic hydroxyl groups is 2. The Balaban J connectivity index is 1.49. The third-order valence-corrected chi connectivity index (χ3v) is 7.76. The zero-order chi connectivity index (χ0) is 20.5. The molecular weight excluding hydrogens is 352 g/mol. The lowest BCUT2D eigenvalue weighted by Crippen LogP contribution is -2.35. The first-order chi connectivity index (χ1) is 13.1. The summed E-state index contributed by atoms with van der Waals surface area (Å²) in [4.78, 5) is 12.4. The number of ether oxygens (including phenoxy) is 1. The van der Waals surface area contributed by atoms with Gasteiger partial charge in [0.2, 0.25) is 0 Å². The Morgan fingerprint density at radius 1 is 1.25 bits per heavy atom. The van der Waals surface area contributed by atoms with Crippen molar-refractivity contribution in [1.82, 2.24) is 0 Å². The standard InChI is InChI=1S/C24H34O4/c1-16-22(20-12-13-24(16,4)23(20,2)3)28-21(27)15-19(26)14-18(25)11-10-17-8-6-5-7-9-17/h5-11,16,18-20,22,25-26H,12-15H2,1-4H3/b11-10+/t16?,18-,19-,20?,22?,24?/m0/s1. The van der Waals surface area contributed by atoms with Gasteiger partial charge in [0.05, 0.1) is 18.6 Å². The van der Waals surface area contributed by atoms with Crippen LogP contribution in [0.3, 0.4) is 0 Å². The maximum atomic E-state index is 12.4. The van der Waals surface area contributed by atoms with Crippen LogP contribution in [0, 0.1) is 22.7 Å². The highest BCUT2D eigenvalue weighted by atomic mass is 16.5. The molecule has 2 N–H and O–H groups in total. The maximum Gasteiger partial charge on any atom is 0.308 e. The van der Waals surface area contributed by atoms with E-state index in [4.69, 9.17) is 4.74 Å². The summed E-state index contributed by atoms with van der Waals surface area (Å²) < 4.78 is 5.84. The molecular formula is C24H34O4. The predicted octanol–water partition coefficient (Wildman–Crippen LogP) is 4.21. The zero-order valence-electron chi connectivity index (χ0n) is 17.5. The molecule has 0 radical (unpaired) electrons. The smallest absolute Gasteiger partial charge is 0.308 e. The number of rotatable bonds is 7. The molecule has 1 aromatic rings. The summed E-state index contributed by atoms with van der Waals surface area (Å²) in [6.45, 7) is 9.09. The van der Waals surface area contributed by atoms with E-state index in [-0.39, 0.29) is 35.7 Å². The molecule has 0 aliphatic heterocycles. The van der Waals surface area contributed by atoms with Crippen LogP contribution in [0.5, 0.6) is 0 Å². The molecule has 154 valence electrons. The molecule has 2 aliphatic rings. The van der Waals surface area contributed by atoms with Gasteiger partial charge in [-0.3, -0.25) is 4.79 Å². The van der Waals surface area contributed by atoms with Gasteiger partial charge in [-0.15, -0.1) is 0 Å². The molecule has 2 fully saturated rings. The minimum Gasteiger partial charge on any atom is -0.462 e. The van der Waals surface area contributed by atoms with Crippen molar-refractivity contribution in [2.45, 2.75) is 71.7 Å². The van der Waals surface area contributed by atoms with Crippen LogP contribution in [0.4, 0.5) is 0 Å². The lowest BCUT2D eigenvalue weighted by molar-refractivity contribution is -0.157. The van der Waals surface area contributed by atoms with Gasteiger partial charge in [0.1, 0.15) is 6.10 Å². The molecule has 4 unspecified atom stereocenters. The van der Waals surface area contributed by atoms with Gasteiger partial charge in [0.25, 0.3) is 0 Å². The average molecular weight is 387 g/mol. The Morgan fingerprint density at radius 3 is 2.54 bits per heavy atom. The first-order valence-electron chi connectivity index (χ1n) is 10.4. The van der Waals surface area contributed by atoms with E-state index >= 15 is 0 Å². The van der Waals surface area contributed by atoms with Gasteiger partial charge in [0, 0.05) is 12.3 Å². The van der Waals surface area contributed by atoms with Gasteiger partial charge in [-0.1, -0.05) is 70.2 Å². The van der Waals surface area contributed by atoms with Crippen molar-refractivity contribution in [2.75, 3.05) is 0 Å². The molecule has 2 saturated carbocycles. The SMILES string of the molecule is CC1C(OC(=O)C[C@@H](O)C[C@@H](O)/C=C/c2ccccc2)C2CCC1(C)C2(C)C. The lowest BCUT2D eigenvalue weighted by atomic mass is 9.67. The summed E-state index contributed by atoms with van der Waals surface area (Å²) >= 11 is 0. The molecule has 2 aliphatic carbocycles. The second kappa shape index (κ2) is 8.00. The average Bonchev–Trinajstić information content (AvgIpc) is 2.94. The summed E-state index contributed by atoms with van der Waals surface area (Å²) in [5.74, 6) is 0.338. The van der Waals surface area contributed by atoms with Crippen molar-refractivity contribution in [1.29, 1.82) is 0 Å². The number of aliphatic hydroxyl groups excluding tert-OH is 2. The molecule has 0 amide bonds. The minimum atomic E-state index is -0.916. The van der Waals surface area contributed by atoms with Crippen molar-refractivity contribution >= 4 is 12.0 Å². The largest absolute Gasteiger partial charge is 0.462 e. The van der Waals surface area contributed by atoms with Gasteiger partial charge in [-0.05, 0) is 35.2 Å². The highest BCUT2D eigenvalue weighted by Gasteiger charge is 2.65. The molecule has 6 atom stereocenters. The number of benzene rings is 1. The molecule has 0 saturated heterocycles. The highest BCUT2D eigenvalue weighted by Crippen LogP contribution is 2.68. The number of hydrogen-bond donors (Lipinski definition) is 2. The summed E-state index contributed by atoms with van der Waals surface area (Å²) in [5.41, 5.74) is 1.34. The van der Waals surface area contributed by atoms with Gasteiger partial charge in [-0.2, -0.15) is 0 Å². The van der Waals surface area contributed by atoms with E-state index < -0.39 is 12.2 Å². The van der Waals surface area contributed by atoms with E-state index in [1.807, 2.05) is 36.4 Å². The Bertz CT molecular complexity index is 711. The van der Waals surface area contributed by atoms with Crippen LogP contribution in [0.25, 0.3) is 6.08 Å². The minimum absolute atomic E-state index is 0.0728. The monoisotopic (exact) mass is 386 g/mol. The molecule has 4 nitrogen and oxygen atoms in total. The molecule has 0 heterocycles. The molecule has 28 heavy (non-hydrogen) atoms. The van der Waals surface area contributed by atoms with Crippen LogP contribution in [0.15, 0.2) is 36.4 Å². The Labute approximate surface area is 168 Å². The Hall–Kier alpha value is -1.65. The Kier molecular flexibility index (Phi) is 6.02. The van der Waals surface area contributed by atoms with E-state index in [1.54, 1.807) is 6.08 Å². The van der Waals surface area contributed by atoms with Crippen LogP contribution in [-0.2, 0) is 9.53 Å². The van der Waals surface area contributed by atoms with E-state index in [0.29, 0.717) is 11.8 Å². The van der Waals surface area contributed by atoms with Gasteiger partial charge in [0.15, 0.2) is 0 Å².